The number of likely N-dealkylation sites (tertiary alicyclic amines) is 1. The van der Waals surface area contributed by atoms with Gasteiger partial charge in [-0.05, 0) is 46.9 Å². The van der Waals surface area contributed by atoms with Gasteiger partial charge in [-0.25, -0.2) is 0 Å². The Morgan fingerprint density at radius 2 is 1.68 bits per heavy atom. The zero-order valence-corrected chi connectivity index (χ0v) is 16.6. The van der Waals surface area contributed by atoms with E-state index in [1.54, 1.807) is 0 Å². The highest BCUT2D eigenvalue weighted by molar-refractivity contribution is 5.76. The van der Waals surface area contributed by atoms with Crippen molar-refractivity contribution in [3.05, 3.63) is 28.8 Å². The first-order chi connectivity index (χ1) is 11.4. The minimum Gasteiger partial charge on any atom is -0.507 e. The molecule has 140 valence electrons. The van der Waals surface area contributed by atoms with E-state index in [2.05, 4.69) is 58.6 Å². The molecule has 0 aliphatic carbocycles. The van der Waals surface area contributed by atoms with E-state index in [1.165, 1.54) is 5.56 Å². The van der Waals surface area contributed by atoms with Crippen molar-refractivity contribution >= 4 is 5.91 Å². The van der Waals surface area contributed by atoms with E-state index in [1.807, 2.05) is 0 Å². The summed E-state index contributed by atoms with van der Waals surface area (Å²) in [6, 6.07) is 4.25. The van der Waals surface area contributed by atoms with Crippen LogP contribution in [0.3, 0.4) is 0 Å². The Kier molecular flexibility index (Phi) is 5.53. The van der Waals surface area contributed by atoms with Gasteiger partial charge in [-0.2, -0.15) is 0 Å². The predicted molar refractivity (Wildman–Crippen MR) is 103 cm³/mol. The lowest BCUT2D eigenvalue weighted by Crippen LogP contribution is -2.40. The Balaban J connectivity index is 2.36. The van der Waals surface area contributed by atoms with Crippen molar-refractivity contribution in [2.45, 2.75) is 71.8 Å². The van der Waals surface area contributed by atoms with Crippen LogP contribution in [-0.4, -0.2) is 29.0 Å². The van der Waals surface area contributed by atoms with Gasteiger partial charge in [-0.3, -0.25) is 9.69 Å². The molecule has 1 heterocycles. The third-order valence-electron chi connectivity index (χ3n) is 5.10. The molecule has 2 rings (SSSR count). The molecule has 0 unspecified atom stereocenters. The Hall–Kier alpha value is -1.55. The van der Waals surface area contributed by atoms with Crippen LogP contribution in [0.1, 0.15) is 71.1 Å². The molecular weight excluding hydrogens is 312 g/mol. The third kappa shape index (κ3) is 4.75. The van der Waals surface area contributed by atoms with Crippen LogP contribution in [0.15, 0.2) is 12.1 Å². The average Bonchev–Trinajstić information content (AvgIpc) is 2.46. The number of carbonyl (C=O) groups is 1. The smallest absolute Gasteiger partial charge is 0.221 e. The van der Waals surface area contributed by atoms with E-state index < -0.39 is 0 Å². The summed E-state index contributed by atoms with van der Waals surface area (Å²) in [5, 5.41) is 10.8. The number of primary amides is 1. The van der Waals surface area contributed by atoms with Gasteiger partial charge >= 0.3 is 0 Å². The van der Waals surface area contributed by atoms with Crippen molar-refractivity contribution in [1.29, 1.82) is 0 Å². The minimum atomic E-state index is -0.193. The topological polar surface area (TPSA) is 66.6 Å². The van der Waals surface area contributed by atoms with Crippen LogP contribution in [0, 0.1) is 5.92 Å². The number of benzene rings is 1. The number of rotatable bonds is 3. The van der Waals surface area contributed by atoms with E-state index >= 15 is 0 Å². The normalized spacial score (nSPS) is 19.8. The van der Waals surface area contributed by atoms with E-state index in [-0.39, 0.29) is 22.7 Å². The van der Waals surface area contributed by atoms with Crippen molar-refractivity contribution in [2.24, 2.45) is 11.7 Å². The SMILES string of the molecule is CC(C)(C)c1cc(CN2CCC[C@@H](C(N)=O)C2)cc(C(C)(C)C)c1O. The fraction of sp³-hybridized carbons (Fsp3) is 0.667. The zero-order valence-electron chi connectivity index (χ0n) is 16.6. The molecule has 0 bridgehead atoms. The molecule has 1 atom stereocenters. The van der Waals surface area contributed by atoms with Gasteiger partial charge in [-0.1, -0.05) is 53.7 Å². The first-order valence-electron chi connectivity index (χ1n) is 9.28. The van der Waals surface area contributed by atoms with Gasteiger partial charge < -0.3 is 10.8 Å². The highest BCUT2D eigenvalue weighted by atomic mass is 16.3. The predicted octanol–water partition coefficient (Wildman–Crippen LogP) is 3.68. The van der Waals surface area contributed by atoms with Gasteiger partial charge in [0.2, 0.25) is 5.91 Å². The molecule has 0 saturated carbocycles. The number of hydrogen-bond acceptors (Lipinski definition) is 3. The molecule has 4 nitrogen and oxygen atoms in total. The van der Waals surface area contributed by atoms with E-state index in [0.29, 0.717) is 5.75 Å². The summed E-state index contributed by atoms with van der Waals surface area (Å²) < 4.78 is 0. The lowest BCUT2D eigenvalue weighted by molar-refractivity contribution is -0.123. The van der Waals surface area contributed by atoms with Gasteiger partial charge in [0.15, 0.2) is 0 Å². The molecule has 1 aliphatic rings. The first-order valence-corrected chi connectivity index (χ1v) is 9.28. The minimum absolute atomic E-state index is 0.0463. The fourth-order valence-corrected chi connectivity index (χ4v) is 3.62. The van der Waals surface area contributed by atoms with Gasteiger partial charge in [0.25, 0.3) is 0 Å². The summed E-state index contributed by atoms with van der Waals surface area (Å²) in [6.45, 7) is 15.3. The maximum atomic E-state index is 11.5. The number of phenols is 1. The van der Waals surface area contributed by atoms with E-state index in [0.717, 1.165) is 43.6 Å². The van der Waals surface area contributed by atoms with Crippen molar-refractivity contribution in [1.82, 2.24) is 4.90 Å². The molecule has 0 aromatic heterocycles. The van der Waals surface area contributed by atoms with Crippen LogP contribution in [0.25, 0.3) is 0 Å². The van der Waals surface area contributed by atoms with Gasteiger partial charge in [0.1, 0.15) is 5.75 Å². The van der Waals surface area contributed by atoms with Crippen molar-refractivity contribution in [3.63, 3.8) is 0 Å². The summed E-state index contributed by atoms with van der Waals surface area (Å²) in [5.74, 6) is 0.175. The molecule has 0 spiro atoms. The summed E-state index contributed by atoms with van der Waals surface area (Å²) in [5.41, 5.74) is 8.41. The molecular formula is C21H34N2O2. The molecule has 1 amide bonds. The van der Waals surface area contributed by atoms with Crippen molar-refractivity contribution < 1.29 is 9.90 Å². The number of amides is 1. The molecule has 1 fully saturated rings. The van der Waals surface area contributed by atoms with Crippen LogP contribution >= 0.6 is 0 Å². The van der Waals surface area contributed by atoms with Crippen LogP contribution in [0.2, 0.25) is 0 Å². The number of hydrogen-bond donors (Lipinski definition) is 2. The fourth-order valence-electron chi connectivity index (χ4n) is 3.62. The first kappa shape index (κ1) is 19.8. The van der Waals surface area contributed by atoms with E-state index in [9.17, 15) is 9.90 Å². The Morgan fingerprint density at radius 1 is 1.16 bits per heavy atom. The number of aromatic hydroxyl groups is 1. The van der Waals surface area contributed by atoms with Crippen LogP contribution < -0.4 is 5.73 Å². The van der Waals surface area contributed by atoms with Gasteiger partial charge in [0, 0.05) is 13.1 Å². The second kappa shape index (κ2) is 6.99. The third-order valence-corrected chi connectivity index (χ3v) is 5.10. The monoisotopic (exact) mass is 346 g/mol. The molecule has 1 saturated heterocycles. The second-order valence-corrected chi connectivity index (χ2v) is 9.52. The second-order valence-electron chi connectivity index (χ2n) is 9.52. The molecule has 25 heavy (non-hydrogen) atoms. The van der Waals surface area contributed by atoms with Gasteiger partial charge in [0.05, 0.1) is 5.92 Å². The molecule has 4 heteroatoms. The highest BCUT2D eigenvalue weighted by Gasteiger charge is 2.28. The lowest BCUT2D eigenvalue weighted by Gasteiger charge is -2.33. The molecule has 1 aliphatic heterocycles. The summed E-state index contributed by atoms with van der Waals surface area (Å²) in [4.78, 5) is 13.8. The summed E-state index contributed by atoms with van der Waals surface area (Å²) in [7, 11) is 0. The van der Waals surface area contributed by atoms with Crippen LogP contribution in [0.4, 0.5) is 0 Å². The highest BCUT2D eigenvalue weighted by Crippen LogP contribution is 2.40. The van der Waals surface area contributed by atoms with E-state index in [4.69, 9.17) is 5.73 Å². The maximum absolute atomic E-state index is 11.5. The summed E-state index contributed by atoms with van der Waals surface area (Å²) >= 11 is 0. The number of phenolic OH excluding ortho intramolecular Hbond substituents is 1. The molecule has 0 radical (unpaired) electrons. The average molecular weight is 347 g/mol. The number of piperidine rings is 1. The van der Waals surface area contributed by atoms with Gasteiger partial charge in [-0.15, -0.1) is 0 Å². The molecule has 1 aromatic carbocycles. The van der Waals surface area contributed by atoms with Crippen LogP contribution in [0.5, 0.6) is 5.75 Å². The summed E-state index contributed by atoms with van der Waals surface area (Å²) in [6.07, 6.45) is 1.89. The van der Waals surface area contributed by atoms with Crippen molar-refractivity contribution in [3.8, 4) is 5.75 Å². The Bertz CT molecular complexity index is 603. The number of nitrogens with zero attached hydrogens (tertiary/aromatic N) is 1. The molecule has 1 aromatic rings. The molecule has 3 N–H and O–H groups in total. The van der Waals surface area contributed by atoms with Crippen LogP contribution in [-0.2, 0) is 22.2 Å². The quantitative estimate of drug-likeness (QED) is 0.877. The Morgan fingerprint density at radius 3 is 2.12 bits per heavy atom. The van der Waals surface area contributed by atoms with Crippen molar-refractivity contribution in [2.75, 3.05) is 13.1 Å². The lowest BCUT2D eigenvalue weighted by atomic mass is 9.78. The largest absolute Gasteiger partial charge is 0.507 e. The maximum Gasteiger partial charge on any atom is 0.221 e. The standard InChI is InChI=1S/C21H34N2O2/c1-20(2,3)16-10-14(11-17(18(16)24)21(4,5)6)12-23-9-7-8-15(13-23)19(22)25/h10-11,15,24H,7-9,12-13H2,1-6H3,(H2,22,25)/t15-/m1/s1. The number of nitrogens with two attached hydrogens (primary N) is 1. The zero-order chi connectivity index (χ0) is 19.0. The Labute approximate surface area is 152 Å². The number of carbonyl (C=O) groups excluding carboxylic acids is 1.